The van der Waals surface area contributed by atoms with E-state index in [1.807, 2.05) is 4.90 Å². The van der Waals surface area contributed by atoms with Crippen LogP contribution in [-0.2, 0) is 10.9 Å². The number of nitrogens with two attached hydrogens (primary N) is 1. The van der Waals surface area contributed by atoms with Crippen LogP contribution >= 0.6 is 0 Å². The van der Waals surface area contributed by atoms with Gasteiger partial charge in [0.15, 0.2) is 0 Å². The van der Waals surface area contributed by atoms with E-state index in [0.717, 1.165) is 25.0 Å². The lowest BCUT2D eigenvalue weighted by atomic mass is 10.2. The first-order chi connectivity index (χ1) is 8.91. The monoisotopic (exact) mass is 275 g/mol. The van der Waals surface area contributed by atoms with Crippen LogP contribution in [0.4, 0.5) is 24.8 Å². The van der Waals surface area contributed by atoms with Crippen LogP contribution in [0.1, 0.15) is 18.4 Å². The summed E-state index contributed by atoms with van der Waals surface area (Å²) in [4.78, 5) is 5.84. The van der Waals surface area contributed by atoms with Crippen molar-refractivity contribution in [3.63, 3.8) is 0 Å². The summed E-state index contributed by atoms with van der Waals surface area (Å²) in [7, 11) is 1.55. The van der Waals surface area contributed by atoms with Gasteiger partial charge in [-0.15, -0.1) is 0 Å². The Balaban J connectivity index is 2.28. The van der Waals surface area contributed by atoms with Crippen LogP contribution in [0.3, 0.4) is 0 Å². The summed E-state index contributed by atoms with van der Waals surface area (Å²) in [5.41, 5.74) is 4.71. The predicted octanol–water partition coefficient (Wildman–Crippen LogP) is 2.30. The molecule has 0 atom stereocenters. The summed E-state index contributed by atoms with van der Waals surface area (Å²) in [5.74, 6) is 0.153. The van der Waals surface area contributed by atoms with Gasteiger partial charge in [-0.05, 0) is 25.0 Å². The molecule has 2 rings (SSSR count). The van der Waals surface area contributed by atoms with Crippen molar-refractivity contribution < 1.29 is 17.9 Å². The number of halogens is 3. The number of nitrogens with zero attached hydrogens (tertiary/aromatic N) is 2. The van der Waals surface area contributed by atoms with Gasteiger partial charge in [0.1, 0.15) is 11.6 Å². The number of ether oxygens (including phenoxy) is 1. The molecule has 1 heterocycles. The lowest BCUT2D eigenvalue weighted by Crippen LogP contribution is -2.30. The van der Waals surface area contributed by atoms with E-state index in [4.69, 9.17) is 10.5 Å². The third kappa shape index (κ3) is 3.50. The molecule has 1 saturated carbocycles. The molecule has 0 aromatic carbocycles. The number of rotatable bonds is 5. The Morgan fingerprint density at radius 3 is 2.63 bits per heavy atom. The van der Waals surface area contributed by atoms with Crippen molar-refractivity contribution in [3.8, 4) is 0 Å². The molecule has 7 heteroatoms. The second-order valence-electron chi connectivity index (χ2n) is 4.55. The molecule has 106 valence electrons. The lowest BCUT2D eigenvalue weighted by molar-refractivity contribution is -0.137. The molecule has 4 nitrogen and oxygen atoms in total. The van der Waals surface area contributed by atoms with Crippen LogP contribution < -0.4 is 10.6 Å². The highest BCUT2D eigenvalue weighted by atomic mass is 19.4. The highest BCUT2D eigenvalue weighted by molar-refractivity contribution is 5.50. The van der Waals surface area contributed by atoms with Crippen molar-refractivity contribution >= 4 is 11.6 Å². The molecule has 0 unspecified atom stereocenters. The number of pyridine rings is 1. The Labute approximate surface area is 109 Å². The maximum Gasteiger partial charge on any atom is 0.416 e. The topological polar surface area (TPSA) is 51.4 Å². The summed E-state index contributed by atoms with van der Waals surface area (Å²) >= 11 is 0. The SMILES string of the molecule is COCCN(c1cc(C(F)(F)F)cc(N)n1)C1CC1. The normalized spacial score (nSPS) is 15.6. The Kier molecular flexibility index (Phi) is 3.84. The highest BCUT2D eigenvalue weighted by Gasteiger charge is 2.34. The molecule has 0 amide bonds. The van der Waals surface area contributed by atoms with Crippen LogP contribution in [0.2, 0.25) is 0 Å². The van der Waals surface area contributed by atoms with Crippen LogP contribution in [0.5, 0.6) is 0 Å². The van der Waals surface area contributed by atoms with Gasteiger partial charge in [0.2, 0.25) is 0 Å². The molecule has 0 aliphatic heterocycles. The van der Waals surface area contributed by atoms with Crippen molar-refractivity contribution in [1.29, 1.82) is 0 Å². The number of alkyl halides is 3. The fourth-order valence-corrected chi connectivity index (χ4v) is 1.91. The minimum absolute atomic E-state index is 0.118. The molecular weight excluding hydrogens is 259 g/mol. The zero-order chi connectivity index (χ0) is 14.0. The molecule has 19 heavy (non-hydrogen) atoms. The summed E-state index contributed by atoms with van der Waals surface area (Å²) in [6, 6.07) is 2.14. The van der Waals surface area contributed by atoms with Gasteiger partial charge in [-0.2, -0.15) is 13.2 Å². The van der Waals surface area contributed by atoms with Crippen LogP contribution in [0.25, 0.3) is 0 Å². The largest absolute Gasteiger partial charge is 0.416 e. The van der Waals surface area contributed by atoms with Gasteiger partial charge in [-0.25, -0.2) is 4.98 Å². The van der Waals surface area contributed by atoms with Crippen molar-refractivity contribution in [2.75, 3.05) is 30.9 Å². The van der Waals surface area contributed by atoms with Crippen molar-refractivity contribution in [3.05, 3.63) is 17.7 Å². The number of anilines is 2. The van der Waals surface area contributed by atoms with Gasteiger partial charge in [0.25, 0.3) is 0 Å². The van der Waals surface area contributed by atoms with Crippen LogP contribution in [0, 0.1) is 0 Å². The Hall–Kier alpha value is -1.50. The first kappa shape index (κ1) is 13.9. The second-order valence-corrected chi connectivity index (χ2v) is 4.55. The zero-order valence-corrected chi connectivity index (χ0v) is 10.6. The molecule has 2 N–H and O–H groups in total. The third-order valence-corrected chi connectivity index (χ3v) is 2.98. The second kappa shape index (κ2) is 5.24. The van der Waals surface area contributed by atoms with E-state index >= 15 is 0 Å². The van der Waals surface area contributed by atoms with Crippen molar-refractivity contribution in [2.24, 2.45) is 0 Å². The van der Waals surface area contributed by atoms with Crippen LogP contribution in [0.15, 0.2) is 12.1 Å². The molecule has 1 fully saturated rings. The molecule has 0 spiro atoms. The number of nitrogen functional groups attached to an aromatic ring is 1. The minimum Gasteiger partial charge on any atom is -0.384 e. The van der Waals surface area contributed by atoms with E-state index in [1.165, 1.54) is 0 Å². The van der Waals surface area contributed by atoms with Gasteiger partial charge in [0.05, 0.1) is 12.2 Å². The third-order valence-electron chi connectivity index (χ3n) is 2.98. The maximum absolute atomic E-state index is 12.8. The molecule has 1 aliphatic carbocycles. The number of methoxy groups -OCH3 is 1. The maximum atomic E-state index is 12.8. The average molecular weight is 275 g/mol. The number of hydrogen-bond donors (Lipinski definition) is 1. The fraction of sp³-hybridized carbons (Fsp3) is 0.583. The van der Waals surface area contributed by atoms with E-state index in [0.29, 0.717) is 13.2 Å². The standard InChI is InChI=1S/C12H16F3N3O/c1-19-5-4-18(9-2-3-9)11-7-8(12(13,14)15)6-10(16)17-11/h6-7,9H,2-5H2,1H3,(H2,16,17). The van der Waals surface area contributed by atoms with Crippen molar-refractivity contribution in [2.45, 2.75) is 25.1 Å². The van der Waals surface area contributed by atoms with Crippen molar-refractivity contribution in [1.82, 2.24) is 4.98 Å². The van der Waals surface area contributed by atoms with Gasteiger partial charge >= 0.3 is 6.18 Å². The lowest BCUT2D eigenvalue weighted by Gasteiger charge is -2.24. The predicted molar refractivity (Wildman–Crippen MR) is 65.9 cm³/mol. The summed E-state index contributed by atoms with van der Waals surface area (Å²) < 4.78 is 43.2. The highest BCUT2D eigenvalue weighted by Crippen LogP contribution is 2.35. The molecule has 0 saturated heterocycles. The van der Waals surface area contributed by atoms with E-state index in [9.17, 15) is 13.2 Å². The summed E-state index contributed by atoms with van der Waals surface area (Å²) in [5, 5.41) is 0. The van der Waals surface area contributed by atoms with Gasteiger partial charge in [-0.3, -0.25) is 0 Å². The van der Waals surface area contributed by atoms with Gasteiger partial charge in [-0.1, -0.05) is 0 Å². The zero-order valence-electron chi connectivity index (χ0n) is 10.6. The Bertz CT molecular complexity index is 446. The summed E-state index contributed by atoms with van der Waals surface area (Å²) in [6.45, 7) is 0.948. The van der Waals surface area contributed by atoms with E-state index in [2.05, 4.69) is 4.98 Å². The summed E-state index contributed by atoms with van der Waals surface area (Å²) in [6.07, 6.45) is -2.49. The van der Waals surface area contributed by atoms with E-state index in [1.54, 1.807) is 7.11 Å². The average Bonchev–Trinajstić information content (AvgIpc) is 3.12. The molecular formula is C12H16F3N3O. The molecule has 1 aromatic heterocycles. The minimum atomic E-state index is -4.41. The van der Waals surface area contributed by atoms with Crippen LogP contribution in [-0.4, -0.2) is 31.3 Å². The van der Waals surface area contributed by atoms with Gasteiger partial charge < -0.3 is 15.4 Å². The first-order valence-corrected chi connectivity index (χ1v) is 6.02. The number of hydrogen-bond acceptors (Lipinski definition) is 4. The fourth-order valence-electron chi connectivity index (χ4n) is 1.91. The molecule has 1 aromatic rings. The first-order valence-electron chi connectivity index (χ1n) is 6.02. The van der Waals surface area contributed by atoms with Gasteiger partial charge in [0, 0.05) is 19.7 Å². The van der Waals surface area contributed by atoms with E-state index < -0.39 is 11.7 Å². The Morgan fingerprint density at radius 1 is 1.42 bits per heavy atom. The molecule has 0 bridgehead atoms. The number of aromatic nitrogens is 1. The molecule has 0 radical (unpaired) electrons. The molecule has 1 aliphatic rings. The Morgan fingerprint density at radius 2 is 2.11 bits per heavy atom. The smallest absolute Gasteiger partial charge is 0.384 e. The van der Waals surface area contributed by atoms with E-state index in [-0.39, 0.29) is 17.7 Å². The quantitative estimate of drug-likeness (QED) is 0.895.